The largest absolute Gasteiger partial charge is 0.394 e. The number of benzene rings is 2. The molecule has 0 amide bonds. The third-order valence-corrected chi connectivity index (χ3v) is 3.89. The molecule has 2 rings (SSSR count). The van der Waals surface area contributed by atoms with E-state index in [9.17, 15) is 15.3 Å². The van der Waals surface area contributed by atoms with Crippen molar-refractivity contribution in [1.82, 2.24) is 5.32 Å². The number of fused-ring (bicyclic) bond motifs is 1. The minimum absolute atomic E-state index is 0.428. The molecule has 5 heteroatoms. The second kappa shape index (κ2) is 7.67. The fourth-order valence-corrected chi connectivity index (χ4v) is 2.38. The van der Waals surface area contributed by atoms with Gasteiger partial charge in [0, 0.05) is 12.6 Å². The van der Waals surface area contributed by atoms with E-state index in [-0.39, 0.29) is 0 Å². The first-order chi connectivity index (χ1) is 10.5. The first-order valence-electron chi connectivity index (χ1n) is 7.39. The molecule has 0 fully saturated rings. The highest BCUT2D eigenvalue weighted by atomic mass is 16.4. The van der Waals surface area contributed by atoms with Crippen LogP contribution < -0.4 is 5.32 Å². The minimum atomic E-state index is -1.39. The molecule has 5 N–H and O–H groups in total. The molecule has 5 nitrogen and oxygen atoms in total. The number of aliphatic hydroxyl groups excluding tert-OH is 4. The van der Waals surface area contributed by atoms with Crippen LogP contribution in [-0.2, 0) is 6.54 Å². The summed E-state index contributed by atoms with van der Waals surface area (Å²) >= 11 is 0. The van der Waals surface area contributed by atoms with Crippen LogP contribution >= 0.6 is 0 Å². The Morgan fingerprint density at radius 2 is 1.64 bits per heavy atom. The molecule has 120 valence electrons. The molecular formula is C17H23NO4. The van der Waals surface area contributed by atoms with Gasteiger partial charge in [0.25, 0.3) is 0 Å². The van der Waals surface area contributed by atoms with E-state index in [4.69, 9.17) is 5.11 Å². The summed E-state index contributed by atoms with van der Waals surface area (Å²) in [5.74, 6) is 0. The first-order valence-corrected chi connectivity index (χ1v) is 7.39. The van der Waals surface area contributed by atoms with E-state index >= 15 is 0 Å². The van der Waals surface area contributed by atoms with Gasteiger partial charge in [0.15, 0.2) is 0 Å². The van der Waals surface area contributed by atoms with Crippen molar-refractivity contribution in [2.75, 3.05) is 6.61 Å². The highest BCUT2D eigenvalue weighted by molar-refractivity contribution is 5.82. The number of hydrogen-bond acceptors (Lipinski definition) is 5. The lowest BCUT2D eigenvalue weighted by atomic mass is 10.0. The second-order valence-electron chi connectivity index (χ2n) is 5.58. The van der Waals surface area contributed by atoms with Gasteiger partial charge < -0.3 is 25.7 Å². The molecule has 0 aliphatic rings. The topological polar surface area (TPSA) is 93.0 Å². The molecule has 0 aliphatic heterocycles. The molecule has 0 radical (unpaired) electrons. The van der Waals surface area contributed by atoms with Gasteiger partial charge in [0.05, 0.1) is 12.7 Å². The van der Waals surface area contributed by atoms with Crippen molar-refractivity contribution in [3.05, 3.63) is 48.0 Å². The van der Waals surface area contributed by atoms with E-state index in [1.165, 1.54) is 5.39 Å². The highest BCUT2D eigenvalue weighted by Crippen LogP contribution is 2.16. The quantitative estimate of drug-likeness (QED) is 0.510. The van der Waals surface area contributed by atoms with Crippen LogP contribution in [0.1, 0.15) is 12.5 Å². The summed E-state index contributed by atoms with van der Waals surface area (Å²) in [6.45, 7) is 1.67. The van der Waals surface area contributed by atoms with Crippen LogP contribution in [0.15, 0.2) is 42.5 Å². The summed E-state index contributed by atoms with van der Waals surface area (Å²) in [6.07, 6.45) is -3.90. The molecule has 0 bridgehead atoms. The monoisotopic (exact) mass is 305 g/mol. The molecule has 0 saturated heterocycles. The van der Waals surface area contributed by atoms with Crippen molar-refractivity contribution >= 4 is 10.8 Å². The van der Waals surface area contributed by atoms with Crippen molar-refractivity contribution in [2.45, 2.75) is 37.8 Å². The number of aliphatic hydroxyl groups is 4. The molecule has 4 atom stereocenters. The smallest absolute Gasteiger partial charge is 0.109 e. The Bertz CT molecular complexity index is 604. The van der Waals surface area contributed by atoms with Crippen LogP contribution in [0.25, 0.3) is 10.8 Å². The fraction of sp³-hybridized carbons (Fsp3) is 0.412. The summed E-state index contributed by atoms with van der Waals surface area (Å²) in [4.78, 5) is 0. The first kappa shape index (κ1) is 16.9. The Balaban J connectivity index is 1.95. The lowest BCUT2D eigenvalue weighted by Crippen LogP contribution is -2.49. The molecule has 0 unspecified atom stereocenters. The molecule has 0 aromatic heterocycles. The van der Waals surface area contributed by atoms with Gasteiger partial charge in [-0.3, -0.25) is 0 Å². The zero-order chi connectivity index (χ0) is 16.1. The third kappa shape index (κ3) is 4.03. The van der Waals surface area contributed by atoms with Crippen LogP contribution in [0.5, 0.6) is 0 Å². The molecule has 0 aliphatic carbocycles. The van der Waals surface area contributed by atoms with Gasteiger partial charge in [-0.25, -0.2) is 0 Å². The zero-order valence-electron chi connectivity index (χ0n) is 12.6. The maximum absolute atomic E-state index is 9.95. The Morgan fingerprint density at radius 3 is 2.32 bits per heavy atom. The number of rotatable bonds is 7. The van der Waals surface area contributed by atoms with Crippen molar-refractivity contribution in [2.24, 2.45) is 0 Å². The predicted octanol–water partition coefficient (Wildman–Crippen LogP) is 0.393. The van der Waals surface area contributed by atoms with E-state index in [0.29, 0.717) is 6.54 Å². The van der Waals surface area contributed by atoms with Crippen molar-refractivity contribution < 1.29 is 20.4 Å². The van der Waals surface area contributed by atoms with Crippen molar-refractivity contribution in [1.29, 1.82) is 0 Å². The van der Waals surface area contributed by atoms with E-state index in [1.807, 2.05) is 36.4 Å². The summed E-state index contributed by atoms with van der Waals surface area (Å²) < 4.78 is 0. The summed E-state index contributed by atoms with van der Waals surface area (Å²) in [7, 11) is 0. The highest BCUT2D eigenvalue weighted by Gasteiger charge is 2.28. The lowest BCUT2D eigenvalue weighted by molar-refractivity contribution is -0.0852. The van der Waals surface area contributed by atoms with Gasteiger partial charge in [0.1, 0.15) is 12.2 Å². The van der Waals surface area contributed by atoms with Gasteiger partial charge in [0.2, 0.25) is 0 Å². The van der Waals surface area contributed by atoms with Crippen LogP contribution in [0.2, 0.25) is 0 Å². The summed E-state index contributed by atoms with van der Waals surface area (Å²) in [5, 5.41) is 43.2. The van der Waals surface area contributed by atoms with Crippen molar-refractivity contribution in [3.8, 4) is 0 Å². The van der Waals surface area contributed by atoms with Crippen LogP contribution in [0.4, 0.5) is 0 Å². The van der Waals surface area contributed by atoms with Gasteiger partial charge >= 0.3 is 0 Å². The molecule has 2 aromatic rings. The molecular weight excluding hydrogens is 282 g/mol. The van der Waals surface area contributed by atoms with E-state index in [0.717, 1.165) is 10.9 Å². The standard InChI is InChI=1S/C17H23NO4/c1-11(16(21)17(22)15(20)10-19)18-9-12-6-7-13-4-2-3-5-14(13)8-12/h2-8,11,15-22H,9-10H2,1H3/t11-,15-,16-,17-/m0/s1. The molecule has 2 aromatic carbocycles. The zero-order valence-corrected chi connectivity index (χ0v) is 12.6. The second-order valence-corrected chi connectivity index (χ2v) is 5.58. The van der Waals surface area contributed by atoms with Gasteiger partial charge in [-0.05, 0) is 29.3 Å². The Kier molecular flexibility index (Phi) is 5.88. The molecule has 0 heterocycles. The maximum Gasteiger partial charge on any atom is 0.109 e. The summed E-state index contributed by atoms with van der Waals surface area (Å²) in [6, 6.07) is 13.8. The Hall–Kier alpha value is -1.50. The molecule has 0 saturated carbocycles. The van der Waals surface area contributed by atoms with Crippen molar-refractivity contribution in [3.63, 3.8) is 0 Å². The SMILES string of the molecule is C[C@H](NCc1ccc2ccccc2c1)[C@H](O)[C@@H](O)[C@@H](O)CO. The molecule has 22 heavy (non-hydrogen) atoms. The number of nitrogens with one attached hydrogen (secondary N) is 1. The summed E-state index contributed by atoms with van der Waals surface area (Å²) in [5.41, 5.74) is 1.06. The lowest BCUT2D eigenvalue weighted by Gasteiger charge is -2.27. The fourth-order valence-electron chi connectivity index (χ4n) is 2.38. The van der Waals surface area contributed by atoms with E-state index in [2.05, 4.69) is 11.4 Å². The van der Waals surface area contributed by atoms with Crippen LogP contribution in [0.3, 0.4) is 0 Å². The number of hydrogen-bond donors (Lipinski definition) is 5. The van der Waals surface area contributed by atoms with E-state index < -0.39 is 31.0 Å². The normalized spacial score (nSPS) is 17.1. The van der Waals surface area contributed by atoms with Crippen LogP contribution in [0, 0.1) is 0 Å². The minimum Gasteiger partial charge on any atom is -0.394 e. The Morgan fingerprint density at radius 1 is 0.955 bits per heavy atom. The van der Waals surface area contributed by atoms with E-state index in [1.54, 1.807) is 6.92 Å². The average Bonchev–Trinajstić information content (AvgIpc) is 2.57. The average molecular weight is 305 g/mol. The Labute approximate surface area is 129 Å². The van der Waals surface area contributed by atoms with Crippen LogP contribution in [-0.4, -0.2) is 51.4 Å². The maximum atomic E-state index is 9.95. The van der Waals surface area contributed by atoms with Gasteiger partial charge in [-0.1, -0.05) is 36.4 Å². The van der Waals surface area contributed by atoms with Gasteiger partial charge in [-0.2, -0.15) is 0 Å². The third-order valence-electron chi connectivity index (χ3n) is 3.89. The predicted molar refractivity (Wildman–Crippen MR) is 85.4 cm³/mol. The van der Waals surface area contributed by atoms with Gasteiger partial charge in [-0.15, -0.1) is 0 Å². The molecule has 0 spiro atoms.